The third-order valence-corrected chi connectivity index (χ3v) is 8.38. The minimum atomic E-state index is -1.09. The summed E-state index contributed by atoms with van der Waals surface area (Å²) in [5.41, 5.74) is 1.09. The number of halogens is 4. The molecule has 8 nitrogen and oxygen atoms in total. The van der Waals surface area contributed by atoms with Crippen LogP contribution in [0.25, 0.3) is 22.3 Å². The highest BCUT2D eigenvalue weighted by atomic mass is 35.5. The van der Waals surface area contributed by atoms with Crippen molar-refractivity contribution in [1.29, 1.82) is 5.26 Å². The number of hydrogen-bond acceptors (Lipinski definition) is 6. The van der Waals surface area contributed by atoms with Crippen molar-refractivity contribution in [3.05, 3.63) is 111 Å². The van der Waals surface area contributed by atoms with Crippen LogP contribution in [0.3, 0.4) is 0 Å². The Bertz CT molecular complexity index is 2060. The van der Waals surface area contributed by atoms with E-state index in [2.05, 4.69) is 4.98 Å². The Morgan fingerprint density at radius 1 is 1.07 bits per heavy atom. The molecule has 3 aromatic carbocycles. The van der Waals surface area contributed by atoms with E-state index in [-0.39, 0.29) is 68.9 Å². The minimum absolute atomic E-state index is 0.0368. The largest absolute Gasteiger partial charge is 0.478 e. The minimum Gasteiger partial charge on any atom is -0.478 e. The number of fused-ring (bicyclic) bond motifs is 1. The number of aromatic nitrogens is 3. The van der Waals surface area contributed by atoms with Crippen LogP contribution in [-0.4, -0.2) is 38.8 Å². The summed E-state index contributed by atoms with van der Waals surface area (Å²) in [6, 6.07) is 15.1. The first-order valence-electron chi connectivity index (χ1n) is 14.2. The van der Waals surface area contributed by atoms with Gasteiger partial charge in [0.15, 0.2) is 0 Å². The number of benzene rings is 3. The highest BCUT2D eigenvalue weighted by Gasteiger charge is 2.39. The van der Waals surface area contributed by atoms with Gasteiger partial charge in [-0.3, -0.25) is 0 Å². The van der Waals surface area contributed by atoms with E-state index in [9.17, 15) is 14.3 Å². The monoisotopic (exact) mass is 646 g/mol. The van der Waals surface area contributed by atoms with Gasteiger partial charge < -0.3 is 19.1 Å². The molecule has 0 unspecified atom stereocenters. The van der Waals surface area contributed by atoms with Gasteiger partial charge >= 0.3 is 5.97 Å². The lowest BCUT2D eigenvalue weighted by atomic mass is 9.87. The Kier molecular flexibility index (Phi) is 8.19. The van der Waals surface area contributed by atoms with Gasteiger partial charge in [-0.15, -0.1) is 0 Å². The molecule has 2 aromatic heterocycles. The molecule has 1 atom stereocenters. The molecule has 46 heavy (non-hydrogen) atoms. The Morgan fingerprint density at radius 3 is 2.54 bits per heavy atom. The number of imidazole rings is 1. The fourth-order valence-corrected chi connectivity index (χ4v) is 5.73. The van der Waals surface area contributed by atoms with Crippen LogP contribution in [0.15, 0.2) is 60.7 Å². The van der Waals surface area contributed by atoms with Gasteiger partial charge in [0.05, 0.1) is 53.2 Å². The van der Waals surface area contributed by atoms with Crippen LogP contribution >= 0.6 is 11.6 Å². The highest BCUT2D eigenvalue weighted by Crippen LogP contribution is 2.41. The summed E-state index contributed by atoms with van der Waals surface area (Å²) < 4.78 is 58.9. The standard InChI is InChI=1S/C34H26ClF3N4O4/c1-34(2)17-45-16-30(34)42-29-11-19(33(43)44)5-7-28(29)40-31(42)12-21-10-26(38)22(13-25(21)37)27-8-6-23(35)32(41-27)46-15-20-4-3-18(14-39)9-24(20)36/h3-11,13,30H,12,15-17H2,1-2H3,(H,43,44)/t30-/m1/s1. The summed E-state index contributed by atoms with van der Waals surface area (Å²) in [6.07, 6.45) is -0.0781. The van der Waals surface area contributed by atoms with Crippen LogP contribution in [0.5, 0.6) is 5.88 Å². The maximum absolute atomic E-state index is 15.7. The zero-order valence-electron chi connectivity index (χ0n) is 24.7. The molecule has 0 aliphatic carbocycles. The topological polar surface area (TPSA) is 110 Å². The highest BCUT2D eigenvalue weighted by molar-refractivity contribution is 6.31. The molecule has 1 saturated heterocycles. The van der Waals surface area contributed by atoms with E-state index in [0.29, 0.717) is 30.1 Å². The third kappa shape index (κ3) is 5.89. The lowest BCUT2D eigenvalue weighted by Gasteiger charge is -2.28. The van der Waals surface area contributed by atoms with Crippen LogP contribution in [-0.2, 0) is 17.8 Å². The Labute approximate surface area is 266 Å². The van der Waals surface area contributed by atoms with Crippen molar-refractivity contribution in [3.8, 4) is 23.2 Å². The Hall–Kier alpha value is -4.92. The van der Waals surface area contributed by atoms with Crippen molar-refractivity contribution < 1.29 is 32.5 Å². The molecule has 12 heteroatoms. The van der Waals surface area contributed by atoms with E-state index in [4.69, 9.17) is 31.3 Å². The van der Waals surface area contributed by atoms with Crippen molar-refractivity contribution in [3.63, 3.8) is 0 Å². The number of nitrogens with zero attached hydrogens (tertiary/aromatic N) is 4. The average molecular weight is 647 g/mol. The molecule has 234 valence electrons. The van der Waals surface area contributed by atoms with E-state index in [1.165, 1.54) is 36.4 Å². The second-order valence-electron chi connectivity index (χ2n) is 11.7. The zero-order valence-corrected chi connectivity index (χ0v) is 25.4. The quantitative estimate of drug-likeness (QED) is 0.186. The van der Waals surface area contributed by atoms with Crippen molar-refractivity contribution >= 4 is 28.6 Å². The van der Waals surface area contributed by atoms with Crippen molar-refractivity contribution in [1.82, 2.24) is 14.5 Å². The molecule has 6 rings (SSSR count). The molecular formula is C34H26ClF3N4O4. The number of aromatic carboxylic acids is 1. The lowest BCUT2D eigenvalue weighted by Crippen LogP contribution is -2.27. The third-order valence-electron chi connectivity index (χ3n) is 8.09. The second-order valence-corrected chi connectivity index (χ2v) is 12.1. The first-order chi connectivity index (χ1) is 21.9. The Morgan fingerprint density at radius 2 is 1.85 bits per heavy atom. The van der Waals surface area contributed by atoms with Gasteiger partial charge in [0.1, 0.15) is 34.9 Å². The van der Waals surface area contributed by atoms with E-state index in [1.807, 2.05) is 24.5 Å². The number of pyridine rings is 1. The lowest BCUT2D eigenvalue weighted by molar-refractivity contribution is 0.0697. The molecule has 1 aliphatic heterocycles. The van der Waals surface area contributed by atoms with Gasteiger partial charge in [0, 0.05) is 23.0 Å². The van der Waals surface area contributed by atoms with Gasteiger partial charge in [0.2, 0.25) is 5.88 Å². The normalized spacial score (nSPS) is 15.6. The number of hydrogen-bond donors (Lipinski definition) is 1. The molecule has 0 amide bonds. The number of carbonyl (C=O) groups is 1. The maximum atomic E-state index is 15.7. The average Bonchev–Trinajstić information content (AvgIpc) is 3.55. The van der Waals surface area contributed by atoms with E-state index in [1.54, 1.807) is 6.07 Å². The fraction of sp³-hybridized carbons (Fsp3) is 0.235. The van der Waals surface area contributed by atoms with Gasteiger partial charge in [-0.25, -0.2) is 27.9 Å². The Balaban J connectivity index is 1.32. The van der Waals surface area contributed by atoms with Crippen molar-refractivity contribution in [2.75, 3.05) is 13.2 Å². The summed E-state index contributed by atoms with van der Waals surface area (Å²) in [7, 11) is 0. The summed E-state index contributed by atoms with van der Waals surface area (Å²) in [5.74, 6) is -2.87. The molecule has 0 spiro atoms. The smallest absolute Gasteiger partial charge is 0.335 e. The van der Waals surface area contributed by atoms with Crippen LogP contribution in [0, 0.1) is 34.2 Å². The zero-order chi connectivity index (χ0) is 32.7. The van der Waals surface area contributed by atoms with Crippen molar-refractivity contribution in [2.45, 2.75) is 32.9 Å². The van der Waals surface area contributed by atoms with Crippen LogP contribution in [0.4, 0.5) is 13.2 Å². The molecule has 1 N–H and O–H groups in total. The summed E-state index contributed by atoms with van der Waals surface area (Å²) in [6.45, 7) is 4.60. The molecule has 1 fully saturated rings. The summed E-state index contributed by atoms with van der Waals surface area (Å²) in [5, 5.41) is 18.6. The summed E-state index contributed by atoms with van der Waals surface area (Å²) in [4.78, 5) is 20.7. The number of ether oxygens (including phenoxy) is 2. The first-order valence-corrected chi connectivity index (χ1v) is 14.6. The van der Waals surface area contributed by atoms with E-state index in [0.717, 1.165) is 18.2 Å². The van der Waals surface area contributed by atoms with Crippen LogP contribution < -0.4 is 4.74 Å². The number of carboxylic acids is 1. The number of nitriles is 1. The first kappa shape index (κ1) is 31.1. The summed E-state index contributed by atoms with van der Waals surface area (Å²) >= 11 is 6.23. The molecule has 0 radical (unpaired) electrons. The fourth-order valence-electron chi connectivity index (χ4n) is 5.57. The van der Waals surface area contributed by atoms with E-state index < -0.39 is 23.4 Å². The van der Waals surface area contributed by atoms with Gasteiger partial charge in [-0.2, -0.15) is 5.26 Å². The van der Waals surface area contributed by atoms with Gasteiger partial charge in [0.25, 0.3) is 0 Å². The second kappa shape index (κ2) is 12.1. The predicted molar refractivity (Wildman–Crippen MR) is 163 cm³/mol. The molecular weight excluding hydrogens is 621 g/mol. The molecule has 0 saturated carbocycles. The van der Waals surface area contributed by atoms with Gasteiger partial charge in [-0.1, -0.05) is 31.5 Å². The molecule has 3 heterocycles. The molecule has 0 bridgehead atoms. The van der Waals surface area contributed by atoms with Crippen LogP contribution in [0.1, 0.15) is 52.8 Å². The number of rotatable bonds is 8. The predicted octanol–water partition coefficient (Wildman–Crippen LogP) is 7.51. The maximum Gasteiger partial charge on any atom is 0.335 e. The van der Waals surface area contributed by atoms with Crippen LogP contribution in [0.2, 0.25) is 5.02 Å². The molecule has 1 aliphatic rings. The van der Waals surface area contributed by atoms with E-state index >= 15 is 8.78 Å². The SMILES string of the molecule is CC1(C)COC[C@H]1n1c(Cc2cc(F)c(-c3ccc(Cl)c(OCc4ccc(C#N)cc4F)n3)cc2F)nc2ccc(C(=O)O)cc21. The molecule has 5 aromatic rings. The number of carboxylic acid groups (broad SMARTS) is 1. The van der Waals surface area contributed by atoms with Crippen molar-refractivity contribution in [2.24, 2.45) is 5.41 Å². The van der Waals surface area contributed by atoms with Gasteiger partial charge in [-0.05, 0) is 60.2 Å².